The molecular formula is C29H24N2. The van der Waals surface area contributed by atoms with Gasteiger partial charge in [0.25, 0.3) is 0 Å². The van der Waals surface area contributed by atoms with Crippen molar-refractivity contribution >= 4 is 23.6 Å². The number of allylic oxidation sites excluding steroid dienone is 1. The number of nitrogens with one attached hydrogen (secondary N) is 1. The molecule has 2 heteroatoms. The molecule has 4 aromatic rings. The summed E-state index contributed by atoms with van der Waals surface area (Å²) >= 11 is 0. The van der Waals surface area contributed by atoms with Crippen molar-refractivity contribution in [3.05, 3.63) is 137 Å². The Morgan fingerprint density at radius 2 is 1.39 bits per heavy atom. The summed E-state index contributed by atoms with van der Waals surface area (Å²) in [7, 11) is 0. The van der Waals surface area contributed by atoms with Crippen LogP contribution < -0.4 is 5.43 Å². The predicted molar refractivity (Wildman–Crippen MR) is 131 cm³/mol. The number of anilines is 1. The Bertz CT molecular complexity index is 1270. The SMILES string of the molecule is Cc1ccccc1NN=Cc1ccccc1C1C(c2ccccc2)=Cc2ccccc21. The van der Waals surface area contributed by atoms with Crippen molar-refractivity contribution in [3.63, 3.8) is 0 Å². The summed E-state index contributed by atoms with van der Waals surface area (Å²) in [6, 6.07) is 36.1. The fourth-order valence-corrected chi connectivity index (χ4v) is 4.30. The maximum Gasteiger partial charge on any atom is 0.0590 e. The van der Waals surface area contributed by atoms with Gasteiger partial charge >= 0.3 is 0 Å². The summed E-state index contributed by atoms with van der Waals surface area (Å²) in [5.74, 6) is 0.180. The van der Waals surface area contributed by atoms with Gasteiger partial charge in [-0.3, -0.25) is 5.43 Å². The number of hydrogen-bond acceptors (Lipinski definition) is 2. The van der Waals surface area contributed by atoms with E-state index < -0.39 is 0 Å². The smallest absolute Gasteiger partial charge is 0.0590 e. The van der Waals surface area contributed by atoms with Crippen LogP contribution in [0.3, 0.4) is 0 Å². The minimum Gasteiger partial charge on any atom is -0.278 e. The van der Waals surface area contributed by atoms with Gasteiger partial charge in [-0.05, 0) is 58.0 Å². The van der Waals surface area contributed by atoms with E-state index in [4.69, 9.17) is 0 Å². The first-order valence-corrected chi connectivity index (χ1v) is 10.6. The van der Waals surface area contributed by atoms with Crippen molar-refractivity contribution in [2.24, 2.45) is 5.10 Å². The van der Waals surface area contributed by atoms with Crippen molar-refractivity contribution in [2.45, 2.75) is 12.8 Å². The molecule has 0 spiro atoms. The molecule has 0 bridgehead atoms. The number of hydrazone groups is 1. The first-order chi connectivity index (χ1) is 15.3. The van der Waals surface area contributed by atoms with E-state index in [9.17, 15) is 0 Å². The lowest BCUT2D eigenvalue weighted by atomic mass is 9.83. The fraction of sp³-hybridized carbons (Fsp3) is 0.0690. The third-order valence-electron chi connectivity index (χ3n) is 5.88. The highest BCUT2D eigenvalue weighted by atomic mass is 15.3. The van der Waals surface area contributed by atoms with Crippen molar-refractivity contribution < 1.29 is 0 Å². The van der Waals surface area contributed by atoms with E-state index >= 15 is 0 Å². The highest BCUT2D eigenvalue weighted by Gasteiger charge is 2.28. The van der Waals surface area contributed by atoms with Crippen LogP contribution in [0.15, 0.2) is 108 Å². The molecule has 2 nitrogen and oxygen atoms in total. The van der Waals surface area contributed by atoms with Gasteiger partial charge in [0.2, 0.25) is 0 Å². The monoisotopic (exact) mass is 400 g/mol. The van der Waals surface area contributed by atoms with Gasteiger partial charge < -0.3 is 0 Å². The quantitative estimate of drug-likeness (QED) is 0.280. The van der Waals surface area contributed by atoms with Gasteiger partial charge in [-0.25, -0.2) is 0 Å². The number of hydrogen-bond donors (Lipinski definition) is 1. The standard InChI is InChI=1S/C29H24N2/c1-21-11-5-10-18-28(21)31-30-20-24-15-7-9-17-26(24)29-25-16-8-6-14-23(25)19-27(29)22-12-3-2-4-13-22/h2-20,29,31H,1H3. The molecule has 0 aromatic heterocycles. The van der Waals surface area contributed by atoms with E-state index in [1.807, 2.05) is 24.4 Å². The highest BCUT2D eigenvalue weighted by Crippen LogP contribution is 2.46. The molecule has 1 unspecified atom stereocenters. The Kier molecular flexibility index (Phi) is 5.20. The molecule has 0 saturated heterocycles. The van der Waals surface area contributed by atoms with Crippen LogP contribution in [0.25, 0.3) is 11.6 Å². The average molecular weight is 401 g/mol. The van der Waals surface area contributed by atoms with Crippen molar-refractivity contribution in [1.82, 2.24) is 0 Å². The second-order valence-electron chi connectivity index (χ2n) is 7.84. The molecule has 1 N–H and O–H groups in total. The minimum atomic E-state index is 0.180. The van der Waals surface area contributed by atoms with E-state index in [0.717, 1.165) is 11.3 Å². The first kappa shape index (κ1) is 19.1. The molecule has 5 rings (SSSR count). The summed E-state index contributed by atoms with van der Waals surface area (Å²) in [4.78, 5) is 0. The summed E-state index contributed by atoms with van der Waals surface area (Å²) < 4.78 is 0. The number of rotatable bonds is 5. The van der Waals surface area contributed by atoms with Crippen molar-refractivity contribution in [3.8, 4) is 0 Å². The van der Waals surface area contributed by atoms with Crippen LogP contribution >= 0.6 is 0 Å². The highest BCUT2D eigenvalue weighted by molar-refractivity contribution is 5.95. The number of para-hydroxylation sites is 1. The van der Waals surface area contributed by atoms with Gasteiger partial charge in [-0.2, -0.15) is 5.10 Å². The normalized spacial score (nSPS) is 15.0. The topological polar surface area (TPSA) is 24.4 Å². The van der Waals surface area contributed by atoms with Gasteiger partial charge in [0.1, 0.15) is 0 Å². The Balaban J connectivity index is 1.54. The average Bonchev–Trinajstić information content (AvgIpc) is 3.21. The van der Waals surface area contributed by atoms with Crippen LogP contribution in [-0.4, -0.2) is 6.21 Å². The Hall–Kier alpha value is -3.91. The third-order valence-corrected chi connectivity index (χ3v) is 5.88. The molecule has 0 amide bonds. The van der Waals surface area contributed by atoms with Gasteiger partial charge in [-0.15, -0.1) is 0 Å². The van der Waals surface area contributed by atoms with E-state index in [-0.39, 0.29) is 5.92 Å². The van der Waals surface area contributed by atoms with Gasteiger partial charge in [0, 0.05) is 5.92 Å². The largest absolute Gasteiger partial charge is 0.278 e. The van der Waals surface area contributed by atoms with E-state index in [0.29, 0.717) is 0 Å². The Morgan fingerprint density at radius 3 is 2.23 bits per heavy atom. The summed E-state index contributed by atoms with van der Waals surface area (Å²) in [6.07, 6.45) is 4.26. The predicted octanol–water partition coefficient (Wildman–Crippen LogP) is 7.13. The lowest BCUT2D eigenvalue weighted by Gasteiger charge is -2.20. The zero-order valence-corrected chi connectivity index (χ0v) is 17.5. The zero-order valence-electron chi connectivity index (χ0n) is 17.5. The van der Waals surface area contributed by atoms with Crippen LogP contribution in [-0.2, 0) is 0 Å². The zero-order chi connectivity index (χ0) is 21.0. The maximum atomic E-state index is 4.56. The lowest BCUT2D eigenvalue weighted by Crippen LogP contribution is -2.05. The fourth-order valence-electron chi connectivity index (χ4n) is 4.30. The van der Waals surface area contributed by atoms with Crippen LogP contribution in [0, 0.1) is 6.92 Å². The number of nitrogens with zero attached hydrogens (tertiary/aromatic N) is 1. The van der Waals surface area contributed by atoms with Gasteiger partial charge in [-0.1, -0.05) is 97.1 Å². The summed E-state index contributed by atoms with van der Waals surface area (Å²) in [5, 5.41) is 4.56. The molecule has 31 heavy (non-hydrogen) atoms. The molecular weight excluding hydrogens is 376 g/mol. The van der Waals surface area contributed by atoms with Crippen molar-refractivity contribution in [2.75, 3.05) is 5.43 Å². The molecule has 1 aliphatic rings. The lowest BCUT2D eigenvalue weighted by molar-refractivity contribution is 1.06. The number of benzene rings is 4. The van der Waals surface area contributed by atoms with Gasteiger partial charge in [0.15, 0.2) is 0 Å². The summed E-state index contributed by atoms with van der Waals surface area (Å²) in [6.45, 7) is 2.08. The van der Waals surface area contributed by atoms with Crippen LogP contribution in [0.1, 0.15) is 39.3 Å². The van der Waals surface area contributed by atoms with Crippen LogP contribution in [0.5, 0.6) is 0 Å². The molecule has 0 fully saturated rings. The number of fused-ring (bicyclic) bond motifs is 1. The minimum absolute atomic E-state index is 0.180. The van der Waals surface area contributed by atoms with Gasteiger partial charge in [0.05, 0.1) is 11.9 Å². The molecule has 0 heterocycles. The van der Waals surface area contributed by atoms with Crippen LogP contribution in [0.2, 0.25) is 0 Å². The molecule has 0 saturated carbocycles. The molecule has 150 valence electrons. The van der Waals surface area contributed by atoms with E-state index in [2.05, 4.69) is 108 Å². The molecule has 1 atom stereocenters. The second-order valence-corrected chi connectivity index (χ2v) is 7.84. The second kappa shape index (κ2) is 8.45. The molecule has 0 radical (unpaired) electrons. The summed E-state index contributed by atoms with van der Waals surface area (Å²) in [5.41, 5.74) is 13.0. The third kappa shape index (κ3) is 3.80. The molecule has 1 aliphatic carbocycles. The first-order valence-electron chi connectivity index (χ1n) is 10.6. The van der Waals surface area contributed by atoms with E-state index in [1.54, 1.807) is 0 Å². The maximum absolute atomic E-state index is 4.56. The Morgan fingerprint density at radius 1 is 0.710 bits per heavy atom. The number of aryl methyl sites for hydroxylation is 1. The van der Waals surface area contributed by atoms with Crippen molar-refractivity contribution in [1.29, 1.82) is 0 Å². The molecule has 0 aliphatic heterocycles. The van der Waals surface area contributed by atoms with E-state index in [1.165, 1.54) is 33.4 Å². The van der Waals surface area contributed by atoms with Crippen LogP contribution in [0.4, 0.5) is 5.69 Å². The Labute approximate surface area is 183 Å². The molecule has 4 aromatic carbocycles.